The molecule has 0 bridgehead atoms. The summed E-state index contributed by atoms with van der Waals surface area (Å²) < 4.78 is 91.8. The maximum atomic E-state index is 12.8. The summed E-state index contributed by atoms with van der Waals surface area (Å²) in [5, 5.41) is 0.458. The first-order valence-electron chi connectivity index (χ1n) is 13.4. The molecule has 0 N–H and O–H groups in total. The van der Waals surface area contributed by atoms with Crippen molar-refractivity contribution in [1.29, 1.82) is 0 Å². The average molecular weight is 617 g/mol. The molecule has 2 aliphatic heterocycles. The maximum absolute atomic E-state index is 12.8. The molecule has 0 saturated carbocycles. The minimum absolute atomic E-state index is 0.0284. The van der Waals surface area contributed by atoms with Gasteiger partial charge in [-0.25, -0.2) is 4.79 Å². The number of rotatable bonds is 8. The predicted molar refractivity (Wildman–Crippen MR) is 138 cm³/mol. The maximum Gasteiger partial charge on any atom is 0.434 e. The van der Waals surface area contributed by atoms with Gasteiger partial charge in [-0.05, 0) is 83.2 Å². The molecule has 2 heterocycles. The molecule has 14 heteroatoms. The molecule has 0 aromatic heterocycles. The van der Waals surface area contributed by atoms with E-state index in [-0.39, 0.29) is 37.6 Å². The molecule has 0 radical (unpaired) electrons. The molecule has 1 aromatic rings. The van der Waals surface area contributed by atoms with Gasteiger partial charge in [0.15, 0.2) is 0 Å². The summed E-state index contributed by atoms with van der Waals surface area (Å²) in [6, 6.07) is 5.30. The molecule has 0 unspecified atom stereocenters. The quantitative estimate of drug-likeness (QED) is 0.180. The third-order valence-electron chi connectivity index (χ3n) is 7.03. The van der Waals surface area contributed by atoms with E-state index >= 15 is 0 Å². The van der Waals surface area contributed by atoms with E-state index in [9.17, 15) is 35.9 Å². The van der Waals surface area contributed by atoms with E-state index in [0.29, 0.717) is 36.6 Å². The Bertz CT molecular complexity index is 1050. The zero-order valence-electron chi connectivity index (χ0n) is 23.2. The van der Waals surface area contributed by atoms with Crippen LogP contribution in [0.1, 0.15) is 64.9 Å². The molecule has 3 rings (SSSR count). The van der Waals surface area contributed by atoms with Crippen LogP contribution in [0, 0.1) is 0 Å². The highest BCUT2D eigenvalue weighted by Crippen LogP contribution is 2.41. The highest BCUT2D eigenvalue weighted by molar-refractivity contribution is 6.30. The van der Waals surface area contributed by atoms with Gasteiger partial charge in [-0.2, -0.15) is 26.3 Å². The van der Waals surface area contributed by atoms with Crippen molar-refractivity contribution >= 4 is 23.7 Å². The first-order chi connectivity index (χ1) is 18.9. The van der Waals surface area contributed by atoms with Crippen LogP contribution >= 0.6 is 11.6 Å². The fourth-order valence-electron chi connectivity index (χ4n) is 5.22. The van der Waals surface area contributed by atoms with Crippen LogP contribution in [0.15, 0.2) is 18.2 Å². The van der Waals surface area contributed by atoms with Crippen molar-refractivity contribution in [2.24, 2.45) is 0 Å². The number of esters is 1. The van der Waals surface area contributed by atoms with Crippen LogP contribution in [0.5, 0.6) is 5.75 Å². The molecular formula is C27H35ClF6N2O5. The van der Waals surface area contributed by atoms with Crippen molar-refractivity contribution < 1.29 is 50.1 Å². The SMILES string of the molecule is CC(C)(C)OC(=O)CCCOc1cc(Cl)cc(CN2CCCC23CCN(C(=O)OC(C(F)(F)F)C(F)(F)F)CC3)c1. The van der Waals surface area contributed by atoms with Gasteiger partial charge in [0.2, 0.25) is 0 Å². The third-order valence-corrected chi connectivity index (χ3v) is 7.24. The second-order valence-electron chi connectivity index (χ2n) is 11.4. The number of piperidine rings is 1. The number of nitrogens with zero attached hydrogens (tertiary/aromatic N) is 2. The van der Waals surface area contributed by atoms with Crippen LogP contribution in [0.4, 0.5) is 31.1 Å². The van der Waals surface area contributed by atoms with E-state index in [1.807, 2.05) is 6.07 Å². The molecule has 1 aromatic carbocycles. The van der Waals surface area contributed by atoms with E-state index in [2.05, 4.69) is 9.64 Å². The number of benzene rings is 1. The lowest BCUT2D eigenvalue weighted by Gasteiger charge is -2.45. The number of hydrogen-bond donors (Lipinski definition) is 0. The lowest BCUT2D eigenvalue weighted by molar-refractivity contribution is -0.308. The lowest BCUT2D eigenvalue weighted by atomic mass is 9.85. The van der Waals surface area contributed by atoms with Gasteiger partial charge in [-0.15, -0.1) is 0 Å². The minimum Gasteiger partial charge on any atom is -0.494 e. The van der Waals surface area contributed by atoms with E-state index in [1.54, 1.807) is 32.9 Å². The fraction of sp³-hybridized carbons (Fsp3) is 0.704. The lowest BCUT2D eigenvalue weighted by Crippen LogP contribution is -2.54. The molecule has 2 aliphatic rings. The van der Waals surface area contributed by atoms with Gasteiger partial charge in [0.1, 0.15) is 11.4 Å². The van der Waals surface area contributed by atoms with Crippen molar-refractivity contribution in [3.8, 4) is 5.75 Å². The summed E-state index contributed by atoms with van der Waals surface area (Å²) in [6.45, 7) is 6.82. The highest BCUT2D eigenvalue weighted by atomic mass is 35.5. The van der Waals surface area contributed by atoms with Gasteiger partial charge in [0, 0.05) is 36.6 Å². The number of halogens is 7. The number of amides is 1. The van der Waals surface area contributed by atoms with Crippen LogP contribution in [0.3, 0.4) is 0 Å². The van der Waals surface area contributed by atoms with Crippen molar-refractivity contribution in [3.63, 3.8) is 0 Å². The van der Waals surface area contributed by atoms with Crippen LogP contribution in [0.25, 0.3) is 0 Å². The molecule has 1 spiro atoms. The van der Waals surface area contributed by atoms with Crippen LogP contribution in [-0.4, -0.2) is 77.7 Å². The molecule has 0 atom stereocenters. The van der Waals surface area contributed by atoms with E-state index < -0.39 is 30.2 Å². The number of carbonyl (C=O) groups is 2. The smallest absolute Gasteiger partial charge is 0.434 e. The molecule has 2 fully saturated rings. The first-order valence-corrected chi connectivity index (χ1v) is 13.7. The summed E-state index contributed by atoms with van der Waals surface area (Å²) in [7, 11) is 0. The summed E-state index contributed by atoms with van der Waals surface area (Å²) in [6.07, 6.45) is -14.3. The van der Waals surface area contributed by atoms with Crippen LogP contribution in [-0.2, 0) is 20.8 Å². The van der Waals surface area contributed by atoms with Gasteiger partial charge < -0.3 is 19.1 Å². The summed E-state index contributed by atoms with van der Waals surface area (Å²) in [5.74, 6) is 0.221. The van der Waals surface area contributed by atoms with Gasteiger partial charge in [-0.3, -0.25) is 9.69 Å². The molecule has 7 nitrogen and oxygen atoms in total. The van der Waals surface area contributed by atoms with Crippen molar-refractivity contribution in [2.75, 3.05) is 26.2 Å². The molecule has 1 amide bonds. The molecular weight excluding hydrogens is 582 g/mol. The van der Waals surface area contributed by atoms with E-state index in [4.69, 9.17) is 21.1 Å². The fourth-order valence-corrected chi connectivity index (χ4v) is 5.47. The predicted octanol–water partition coefficient (Wildman–Crippen LogP) is 6.90. The summed E-state index contributed by atoms with van der Waals surface area (Å²) >= 11 is 6.32. The van der Waals surface area contributed by atoms with E-state index in [1.165, 1.54) is 0 Å². The second-order valence-corrected chi connectivity index (χ2v) is 11.9. The Morgan fingerprint density at radius 1 is 0.976 bits per heavy atom. The highest BCUT2D eigenvalue weighted by Gasteiger charge is 2.60. The number of carbonyl (C=O) groups excluding carboxylic acids is 2. The standard InChI is InChI=1S/C27H35ClF6N2O5/c1-24(2,3)41-21(37)6-4-13-39-20-15-18(14-19(28)16-20)17-36-10-5-7-25(36)8-11-35(12-9-25)23(38)40-22(26(29,30)31)27(32,33)34/h14-16,22H,4-13,17H2,1-3H3. The van der Waals surface area contributed by atoms with Gasteiger partial charge in [-0.1, -0.05) is 11.6 Å². The van der Waals surface area contributed by atoms with Crippen LogP contribution in [0.2, 0.25) is 5.02 Å². The molecule has 0 aliphatic carbocycles. The molecule has 232 valence electrons. The monoisotopic (exact) mass is 616 g/mol. The second kappa shape index (κ2) is 12.8. The normalized spacial score (nSPS) is 18.2. The Morgan fingerprint density at radius 2 is 1.61 bits per heavy atom. The Kier molecular flexibility index (Phi) is 10.4. The topological polar surface area (TPSA) is 68.3 Å². The van der Waals surface area contributed by atoms with E-state index in [0.717, 1.165) is 29.8 Å². The number of alkyl halides is 6. The first kappa shape index (κ1) is 33.1. The van der Waals surface area contributed by atoms with Gasteiger partial charge in [0.25, 0.3) is 6.10 Å². The summed E-state index contributed by atoms with van der Waals surface area (Å²) in [5.41, 5.74) is -0.0577. The molecule has 41 heavy (non-hydrogen) atoms. The Morgan fingerprint density at radius 3 is 2.20 bits per heavy atom. The van der Waals surface area contributed by atoms with Crippen molar-refractivity contribution in [2.45, 2.75) is 95.4 Å². The zero-order chi connectivity index (χ0) is 30.6. The Hall–Kier alpha value is -2.41. The largest absolute Gasteiger partial charge is 0.494 e. The minimum atomic E-state index is -5.76. The Labute approximate surface area is 240 Å². The number of hydrogen-bond acceptors (Lipinski definition) is 6. The van der Waals surface area contributed by atoms with Gasteiger partial charge in [0.05, 0.1) is 6.61 Å². The van der Waals surface area contributed by atoms with Crippen LogP contribution < -0.4 is 4.74 Å². The van der Waals surface area contributed by atoms with Crippen molar-refractivity contribution in [1.82, 2.24) is 9.80 Å². The third kappa shape index (κ3) is 9.56. The van der Waals surface area contributed by atoms with Gasteiger partial charge >= 0.3 is 24.4 Å². The number of ether oxygens (including phenoxy) is 3. The zero-order valence-corrected chi connectivity index (χ0v) is 23.9. The average Bonchev–Trinajstić information content (AvgIpc) is 3.19. The summed E-state index contributed by atoms with van der Waals surface area (Å²) in [4.78, 5) is 27.2. The molecule has 2 saturated heterocycles. The van der Waals surface area contributed by atoms with Crippen molar-refractivity contribution in [3.05, 3.63) is 28.8 Å². The number of likely N-dealkylation sites (tertiary alicyclic amines) is 2. The Balaban J connectivity index is 1.56.